The maximum Gasteiger partial charge on any atom is 0.428 e. The Kier molecular flexibility index (Phi) is 5.82. The normalized spacial score (nSPS) is 32.2. The van der Waals surface area contributed by atoms with Gasteiger partial charge in [-0.25, -0.2) is 0 Å². The van der Waals surface area contributed by atoms with Crippen LogP contribution in [0, 0.1) is 5.41 Å². The molecule has 1 saturated heterocycles. The first kappa shape index (κ1) is 23.5. The second-order valence-electron chi connectivity index (χ2n) is 8.28. The van der Waals surface area contributed by atoms with Gasteiger partial charge < -0.3 is 4.90 Å². The highest BCUT2D eigenvalue weighted by Gasteiger charge is 2.95. The van der Waals surface area contributed by atoms with Crippen LogP contribution in [0.15, 0.2) is 0 Å². The van der Waals surface area contributed by atoms with Gasteiger partial charge in [-0.3, -0.25) is 10.1 Å². The summed E-state index contributed by atoms with van der Waals surface area (Å²) in [7, 11) is 0. The SMILES string of the molecule is N=C(N(C1CCCCC1)C1CCCCC1)C(F)(F)[C@@]1(F)OC(F)(F)C(F)(F)C1(F)F. The zero-order valence-corrected chi connectivity index (χ0v) is 16.0. The van der Waals surface area contributed by atoms with Crippen molar-refractivity contribution >= 4 is 5.84 Å². The molecule has 0 unspecified atom stereocenters. The number of hydrogen-bond acceptors (Lipinski definition) is 2. The maximum absolute atomic E-state index is 14.9. The molecule has 3 rings (SSSR count). The first-order valence-electron chi connectivity index (χ1n) is 9.98. The third-order valence-corrected chi connectivity index (χ3v) is 6.33. The zero-order valence-electron chi connectivity index (χ0n) is 16.0. The fourth-order valence-electron chi connectivity index (χ4n) is 4.65. The van der Waals surface area contributed by atoms with Gasteiger partial charge in [0.25, 0.3) is 0 Å². The lowest BCUT2D eigenvalue weighted by atomic mass is 9.87. The third kappa shape index (κ3) is 3.19. The van der Waals surface area contributed by atoms with Gasteiger partial charge in [-0.1, -0.05) is 38.5 Å². The van der Waals surface area contributed by atoms with Crippen LogP contribution in [0.3, 0.4) is 0 Å². The van der Waals surface area contributed by atoms with Crippen LogP contribution in [-0.2, 0) is 4.74 Å². The average Bonchev–Trinajstić information content (AvgIpc) is 2.78. The highest BCUT2D eigenvalue weighted by Crippen LogP contribution is 2.65. The Bertz CT molecular complexity index is 642. The maximum atomic E-state index is 14.9. The standard InChI is InChI=1S/C18H23F9N2O/c19-14(20,17(25)15(21,22)16(23,24)18(26,27)30-17)13(28)29(11-7-3-1-4-8-11)12-9-5-2-6-10-12/h11-12,28H,1-10H2/t17-/m1/s1. The van der Waals surface area contributed by atoms with E-state index in [4.69, 9.17) is 5.41 Å². The predicted molar refractivity (Wildman–Crippen MR) is 88.0 cm³/mol. The third-order valence-electron chi connectivity index (χ3n) is 6.33. The van der Waals surface area contributed by atoms with E-state index in [-0.39, 0.29) is 0 Å². The van der Waals surface area contributed by atoms with Crippen LogP contribution in [0.5, 0.6) is 0 Å². The molecule has 1 heterocycles. The molecule has 0 aromatic carbocycles. The Morgan fingerprint density at radius 3 is 1.47 bits per heavy atom. The molecule has 3 fully saturated rings. The van der Waals surface area contributed by atoms with Gasteiger partial charge in [-0.2, -0.15) is 39.5 Å². The van der Waals surface area contributed by atoms with Crippen molar-refractivity contribution in [1.82, 2.24) is 4.90 Å². The quantitative estimate of drug-likeness (QED) is 0.315. The highest BCUT2D eigenvalue weighted by atomic mass is 19.4. The number of alkyl halides is 9. The van der Waals surface area contributed by atoms with Crippen molar-refractivity contribution in [2.24, 2.45) is 0 Å². The van der Waals surface area contributed by atoms with Crippen LogP contribution >= 0.6 is 0 Å². The predicted octanol–water partition coefficient (Wildman–Crippen LogP) is 6.13. The smallest absolute Gasteiger partial charge is 0.349 e. The lowest BCUT2D eigenvalue weighted by Gasteiger charge is -2.46. The first-order valence-corrected chi connectivity index (χ1v) is 9.98. The van der Waals surface area contributed by atoms with Crippen molar-refractivity contribution in [3.05, 3.63) is 0 Å². The summed E-state index contributed by atoms with van der Waals surface area (Å²) in [5.74, 6) is -26.9. The van der Waals surface area contributed by atoms with Gasteiger partial charge in [-0.05, 0) is 25.7 Å². The average molecular weight is 454 g/mol. The van der Waals surface area contributed by atoms with Crippen molar-refractivity contribution in [1.29, 1.82) is 5.41 Å². The molecule has 3 nitrogen and oxygen atoms in total. The van der Waals surface area contributed by atoms with E-state index in [1.807, 2.05) is 0 Å². The zero-order chi connectivity index (χ0) is 22.6. The van der Waals surface area contributed by atoms with E-state index >= 15 is 0 Å². The van der Waals surface area contributed by atoms with Gasteiger partial charge >= 0.3 is 29.7 Å². The molecule has 1 N–H and O–H groups in total. The number of hydrogen-bond donors (Lipinski definition) is 1. The van der Waals surface area contributed by atoms with Gasteiger partial charge in [-0.15, -0.1) is 0 Å². The van der Waals surface area contributed by atoms with E-state index in [0.29, 0.717) is 51.4 Å². The van der Waals surface area contributed by atoms with E-state index < -0.39 is 47.7 Å². The van der Waals surface area contributed by atoms with Crippen LogP contribution in [0.2, 0.25) is 0 Å². The molecule has 174 valence electrons. The summed E-state index contributed by atoms with van der Waals surface area (Å²) in [5, 5.41) is 7.88. The second kappa shape index (κ2) is 7.44. The number of nitrogens with one attached hydrogen (secondary N) is 1. The van der Waals surface area contributed by atoms with Crippen molar-refractivity contribution in [2.45, 2.75) is 106 Å². The Balaban J connectivity index is 2.00. The van der Waals surface area contributed by atoms with Crippen LogP contribution in [0.25, 0.3) is 0 Å². The second-order valence-corrected chi connectivity index (χ2v) is 8.28. The number of ether oxygens (including phenoxy) is 1. The van der Waals surface area contributed by atoms with E-state index in [1.54, 1.807) is 0 Å². The van der Waals surface area contributed by atoms with Crippen LogP contribution in [0.4, 0.5) is 39.5 Å². The Morgan fingerprint density at radius 2 is 1.13 bits per heavy atom. The summed E-state index contributed by atoms with van der Waals surface area (Å²) in [5.41, 5.74) is 0. The first-order chi connectivity index (χ1) is 13.7. The molecule has 0 amide bonds. The van der Waals surface area contributed by atoms with Crippen molar-refractivity contribution in [3.8, 4) is 0 Å². The molecule has 12 heteroatoms. The van der Waals surface area contributed by atoms with Gasteiger partial charge in [0.1, 0.15) is 0 Å². The fraction of sp³-hybridized carbons (Fsp3) is 0.944. The summed E-state index contributed by atoms with van der Waals surface area (Å²) >= 11 is 0. The Hall–Kier alpha value is -1.20. The fourth-order valence-corrected chi connectivity index (χ4v) is 4.65. The largest absolute Gasteiger partial charge is 0.428 e. The molecule has 0 aromatic rings. The van der Waals surface area contributed by atoms with Crippen molar-refractivity contribution in [2.75, 3.05) is 0 Å². The summed E-state index contributed by atoms with van der Waals surface area (Å²) in [6, 6.07) is -1.44. The minimum Gasteiger partial charge on any atom is -0.349 e. The molecule has 0 aromatic heterocycles. The number of halogens is 9. The molecular formula is C18H23F9N2O. The van der Waals surface area contributed by atoms with Gasteiger partial charge in [0, 0.05) is 12.1 Å². The molecule has 3 aliphatic rings. The van der Waals surface area contributed by atoms with Gasteiger partial charge in [0.2, 0.25) is 0 Å². The van der Waals surface area contributed by atoms with Crippen LogP contribution in [0.1, 0.15) is 64.2 Å². The minimum atomic E-state index is -6.57. The van der Waals surface area contributed by atoms with Gasteiger partial charge in [0.15, 0.2) is 5.84 Å². The van der Waals surface area contributed by atoms with E-state index in [0.717, 1.165) is 17.7 Å². The molecule has 1 aliphatic heterocycles. The molecule has 2 saturated carbocycles. The molecule has 30 heavy (non-hydrogen) atoms. The topological polar surface area (TPSA) is 36.3 Å². The summed E-state index contributed by atoms with van der Waals surface area (Å²) < 4.78 is 129. The highest BCUT2D eigenvalue weighted by molar-refractivity contribution is 5.88. The van der Waals surface area contributed by atoms with E-state index in [2.05, 4.69) is 4.74 Å². The van der Waals surface area contributed by atoms with Crippen molar-refractivity contribution in [3.63, 3.8) is 0 Å². The summed E-state index contributed by atoms with van der Waals surface area (Å²) in [6.07, 6.45) is -0.962. The van der Waals surface area contributed by atoms with E-state index in [1.165, 1.54) is 0 Å². The lowest BCUT2D eigenvalue weighted by molar-refractivity contribution is -0.363. The lowest BCUT2D eigenvalue weighted by Crippen LogP contribution is -2.67. The monoisotopic (exact) mass is 454 g/mol. The molecule has 0 bridgehead atoms. The molecule has 2 aliphatic carbocycles. The van der Waals surface area contributed by atoms with Crippen molar-refractivity contribution < 1.29 is 44.3 Å². The molecule has 0 radical (unpaired) electrons. The Labute approximate surface area is 167 Å². The van der Waals surface area contributed by atoms with Crippen LogP contribution in [-0.4, -0.2) is 52.6 Å². The minimum absolute atomic E-state index is 0.317. The molecule has 1 atom stereocenters. The number of nitrogens with zero attached hydrogens (tertiary/aromatic N) is 1. The van der Waals surface area contributed by atoms with E-state index in [9.17, 15) is 39.5 Å². The number of amidine groups is 1. The Morgan fingerprint density at radius 1 is 0.733 bits per heavy atom. The summed E-state index contributed by atoms with van der Waals surface area (Å²) in [6.45, 7) is 0. The number of rotatable bonds is 4. The molecular weight excluding hydrogens is 431 g/mol. The van der Waals surface area contributed by atoms with Crippen LogP contribution < -0.4 is 0 Å². The van der Waals surface area contributed by atoms with Gasteiger partial charge in [0.05, 0.1) is 0 Å². The summed E-state index contributed by atoms with van der Waals surface area (Å²) in [4.78, 5) is 0.799. The molecule has 0 spiro atoms.